The van der Waals surface area contributed by atoms with Crippen LogP contribution in [0.2, 0.25) is 0 Å². The van der Waals surface area contributed by atoms with E-state index in [0.29, 0.717) is 6.42 Å². The summed E-state index contributed by atoms with van der Waals surface area (Å²) in [7, 11) is -3.83. The van der Waals surface area contributed by atoms with Crippen LogP contribution in [-0.4, -0.2) is 14.3 Å². The van der Waals surface area contributed by atoms with E-state index in [2.05, 4.69) is 12.2 Å². The molecular weight excluding hydrogens is 288 g/mol. The van der Waals surface area contributed by atoms with Crippen LogP contribution in [0.5, 0.6) is 0 Å². The van der Waals surface area contributed by atoms with Gasteiger partial charge in [-0.15, -0.1) is 0 Å². The first-order valence-corrected chi connectivity index (χ1v) is 8.91. The van der Waals surface area contributed by atoms with Crippen LogP contribution in [0, 0.1) is 0 Å². The van der Waals surface area contributed by atoms with Crippen molar-refractivity contribution >= 4 is 21.6 Å². The molecule has 21 heavy (non-hydrogen) atoms. The Balaban J connectivity index is 2.45. The largest absolute Gasteiger partial charge is 0.325 e. The highest BCUT2D eigenvalue weighted by molar-refractivity contribution is 7.89. The average Bonchev–Trinajstić information content (AvgIpc) is 2.42. The van der Waals surface area contributed by atoms with Crippen molar-refractivity contribution in [3.63, 3.8) is 0 Å². The molecule has 0 heterocycles. The van der Waals surface area contributed by atoms with Crippen LogP contribution in [0.1, 0.15) is 51.9 Å². The number of carbonyl (C=O) groups is 1. The van der Waals surface area contributed by atoms with Gasteiger partial charge in [-0.25, -0.2) is 13.6 Å². The number of primary sulfonamides is 1. The second-order valence-electron chi connectivity index (χ2n) is 5.11. The molecular formula is C15H24N2O3S. The van der Waals surface area contributed by atoms with Crippen LogP contribution in [0.15, 0.2) is 29.2 Å². The number of anilines is 1. The van der Waals surface area contributed by atoms with Gasteiger partial charge in [0.05, 0.1) is 5.69 Å². The molecule has 1 aromatic carbocycles. The fourth-order valence-electron chi connectivity index (χ4n) is 2.10. The van der Waals surface area contributed by atoms with Gasteiger partial charge in [-0.3, -0.25) is 4.79 Å². The Bertz CT molecular complexity index is 556. The molecule has 0 saturated carbocycles. The number of benzene rings is 1. The lowest BCUT2D eigenvalue weighted by Gasteiger charge is -2.09. The van der Waals surface area contributed by atoms with Gasteiger partial charge in [0.15, 0.2) is 0 Å². The van der Waals surface area contributed by atoms with Gasteiger partial charge < -0.3 is 5.32 Å². The molecule has 0 fully saturated rings. The zero-order chi connectivity index (χ0) is 15.7. The van der Waals surface area contributed by atoms with Gasteiger partial charge in [0, 0.05) is 6.42 Å². The Morgan fingerprint density at radius 2 is 1.71 bits per heavy atom. The Hall–Kier alpha value is -1.40. The van der Waals surface area contributed by atoms with E-state index < -0.39 is 10.0 Å². The Morgan fingerprint density at radius 1 is 1.10 bits per heavy atom. The van der Waals surface area contributed by atoms with Gasteiger partial charge in [0.25, 0.3) is 0 Å². The van der Waals surface area contributed by atoms with E-state index in [-0.39, 0.29) is 16.5 Å². The van der Waals surface area contributed by atoms with Crippen molar-refractivity contribution in [2.45, 2.75) is 56.8 Å². The normalized spacial score (nSPS) is 11.3. The summed E-state index contributed by atoms with van der Waals surface area (Å²) >= 11 is 0. The van der Waals surface area contributed by atoms with E-state index in [1.165, 1.54) is 25.3 Å². The monoisotopic (exact) mass is 312 g/mol. The first-order valence-electron chi connectivity index (χ1n) is 7.37. The van der Waals surface area contributed by atoms with Gasteiger partial charge in [-0.1, -0.05) is 51.2 Å². The lowest BCUT2D eigenvalue weighted by atomic mass is 10.1. The predicted molar refractivity (Wildman–Crippen MR) is 84.4 cm³/mol. The third-order valence-electron chi connectivity index (χ3n) is 3.23. The van der Waals surface area contributed by atoms with Crippen molar-refractivity contribution in [3.8, 4) is 0 Å². The summed E-state index contributed by atoms with van der Waals surface area (Å²) in [6.07, 6.45) is 6.99. The van der Waals surface area contributed by atoms with Gasteiger partial charge in [0.2, 0.25) is 15.9 Å². The molecule has 6 heteroatoms. The van der Waals surface area contributed by atoms with E-state index >= 15 is 0 Å². The van der Waals surface area contributed by atoms with Crippen molar-refractivity contribution in [2.24, 2.45) is 5.14 Å². The third-order valence-corrected chi connectivity index (χ3v) is 4.19. The van der Waals surface area contributed by atoms with Crippen molar-refractivity contribution in [1.29, 1.82) is 0 Å². The Labute approximate surface area is 127 Å². The molecule has 0 aliphatic heterocycles. The minimum atomic E-state index is -3.83. The molecule has 0 bridgehead atoms. The fraction of sp³-hybridized carbons (Fsp3) is 0.533. The minimum absolute atomic E-state index is 0.0544. The quantitative estimate of drug-likeness (QED) is 0.687. The second kappa shape index (κ2) is 8.79. The number of hydrogen-bond donors (Lipinski definition) is 2. The van der Waals surface area contributed by atoms with Gasteiger partial charge >= 0.3 is 0 Å². The van der Waals surface area contributed by atoms with Crippen LogP contribution < -0.4 is 10.5 Å². The van der Waals surface area contributed by atoms with E-state index in [0.717, 1.165) is 19.3 Å². The third kappa shape index (κ3) is 6.73. The van der Waals surface area contributed by atoms with Gasteiger partial charge in [0.1, 0.15) is 4.90 Å². The first-order chi connectivity index (χ1) is 9.95. The smallest absolute Gasteiger partial charge is 0.240 e. The maximum atomic E-state index is 11.8. The molecule has 118 valence electrons. The number of nitrogens with one attached hydrogen (secondary N) is 1. The summed E-state index contributed by atoms with van der Waals surface area (Å²) in [5.41, 5.74) is 0.246. The number of sulfonamides is 1. The van der Waals surface area contributed by atoms with Gasteiger partial charge in [-0.2, -0.15) is 0 Å². The summed E-state index contributed by atoms with van der Waals surface area (Å²) < 4.78 is 22.8. The summed E-state index contributed by atoms with van der Waals surface area (Å²) in [6.45, 7) is 2.16. The molecule has 5 nitrogen and oxygen atoms in total. The molecule has 1 rings (SSSR count). The molecule has 0 atom stereocenters. The zero-order valence-corrected chi connectivity index (χ0v) is 13.3. The number of unbranched alkanes of at least 4 members (excludes halogenated alkanes) is 5. The first kappa shape index (κ1) is 17.7. The van der Waals surface area contributed by atoms with E-state index in [1.54, 1.807) is 18.2 Å². The van der Waals surface area contributed by atoms with Crippen molar-refractivity contribution in [2.75, 3.05) is 5.32 Å². The van der Waals surface area contributed by atoms with Gasteiger partial charge in [-0.05, 0) is 18.6 Å². The maximum absolute atomic E-state index is 11.8. The number of rotatable bonds is 9. The molecule has 1 amide bonds. The molecule has 0 spiro atoms. The lowest BCUT2D eigenvalue weighted by molar-refractivity contribution is -0.116. The highest BCUT2D eigenvalue weighted by atomic mass is 32.2. The highest BCUT2D eigenvalue weighted by Crippen LogP contribution is 2.19. The molecule has 0 radical (unpaired) electrons. The van der Waals surface area contributed by atoms with Crippen LogP contribution in [-0.2, 0) is 14.8 Å². The SMILES string of the molecule is CCCCCCCCC(=O)Nc1ccccc1S(N)(=O)=O. The minimum Gasteiger partial charge on any atom is -0.325 e. The Kier molecular flexibility index (Phi) is 7.39. The van der Waals surface area contributed by atoms with E-state index in [1.807, 2.05) is 0 Å². The number of amides is 1. The highest BCUT2D eigenvalue weighted by Gasteiger charge is 2.14. The van der Waals surface area contributed by atoms with E-state index in [9.17, 15) is 13.2 Å². The molecule has 0 saturated heterocycles. The summed E-state index contributed by atoms with van der Waals surface area (Å²) in [6, 6.07) is 6.16. The molecule has 0 aliphatic rings. The standard InChI is InChI=1S/C15H24N2O3S/c1-2-3-4-5-6-7-12-15(18)17-13-10-8-9-11-14(13)21(16,19)20/h8-11H,2-7,12H2,1H3,(H,17,18)(H2,16,19,20). The number of hydrogen-bond acceptors (Lipinski definition) is 3. The van der Waals surface area contributed by atoms with Crippen molar-refractivity contribution < 1.29 is 13.2 Å². The molecule has 0 unspecified atom stereocenters. The summed E-state index contributed by atoms with van der Waals surface area (Å²) in [5.74, 6) is -0.179. The molecule has 1 aromatic rings. The Morgan fingerprint density at radius 3 is 2.38 bits per heavy atom. The maximum Gasteiger partial charge on any atom is 0.240 e. The van der Waals surface area contributed by atoms with E-state index in [4.69, 9.17) is 5.14 Å². The zero-order valence-electron chi connectivity index (χ0n) is 12.5. The second-order valence-corrected chi connectivity index (χ2v) is 6.64. The van der Waals surface area contributed by atoms with Crippen LogP contribution >= 0.6 is 0 Å². The fourth-order valence-corrected chi connectivity index (χ4v) is 2.79. The summed E-state index contributed by atoms with van der Waals surface area (Å²) in [4.78, 5) is 11.8. The van der Waals surface area contributed by atoms with Crippen molar-refractivity contribution in [1.82, 2.24) is 0 Å². The van der Waals surface area contributed by atoms with Crippen LogP contribution in [0.3, 0.4) is 0 Å². The molecule has 0 aliphatic carbocycles. The summed E-state index contributed by atoms with van der Waals surface area (Å²) in [5, 5.41) is 7.74. The van der Waals surface area contributed by atoms with Crippen LogP contribution in [0.4, 0.5) is 5.69 Å². The number of para-hydroxylation sites is 1. The molecule has 0 aromatic heterocycles. The van der Waals surface area contributed by atoms with Crippen molar-refractivity contribution in [3.05, 3.63) is 24.3 Å². The number of carbonyl (C=O) groups excluding carboxylic acids is 1. The average molecular weight is 312 g/mol. The number of nitrogens with two attached hydrogens (primary N) is 1. The topological polar surface area (TPSA) is 89.3 Å². The predicted octanol–water partition coefficient (Wildman–Crippen LogP) is 3.02. The molecule has 3 N–H and O–H groups in total. The van der Waals surface area contributed by atoms with Crippen LogP contribution in [0.25, 0.3) is 0 Å². The lowest BCUT2D eigenvalue weighted by Crippen LogP contribution is -2.18.